The number of esters is 1. The van der Waals surface area contributed by atoms with Crippen molar-refractivity contribution in [2.45, 2.75) is 25.0 Å². The summed E-state index contributed by atoms with van der Waals surface area (Å²) in [4.78, 5) is 39.0. The second kappa shape index (κ2) is 5.79. The van der Waals surface area contributed by atoms with E-state index in [0.717, 1.165) is 5.56 Å². The van der Waals surface area contributed by atoms with Gasteiger partial charge in [-0.1, -0.05) is 30.3 Å². The standard InChI is InChI=1S/C16H18N2O4/c1-17-10-14(19)18-9-12(8-13(18)16(17)21)22-15(20)7-11-5-3-2-4-6-11/h2-6,12-13H,7-10H2,1H3/t12-,13-/m0/s1. The minimum Gasteiger partial charge on any atom is -0.460 e. The monoisotopic (exact) mass is 302 g/mol. The third-order valence-electron chi connectivity index (χ3n) is 4.11. The van der Waals surface area contributed by atoms with E-state index in [2.05, 4.69) is 0 Å². The second-order valence-electron chi connectivity index (χ2n) is 5.77. The fourth-order valence-electron chi connectivity index (χ4n) is 3.01. The first-order valence-electron chi connectivity index (χ1n) is 7.32. The summed E-state index contributed by atoms with van der Waals surface area (Å²) in [5, 5.41) is 0. The number of nitrogens with zero attached hydrogens (tertiary/aromatic N) is 2. The summed E-state index contributed by atoms with van der Waals surface area (Å²) in [5.74, 6) is -0.501. The van der Waals surface area contributed by atoms with Crippen LogP contribution in [0.3, 0.4) is 0 Å². The van der Waals surface area contributed by atoms with Crippen LogP contribution in [0.25, 0.3) is 0 Å². The predicted octanol–water partition coefficient (Wildman–Crippen LogP) is 0.214. The number of fused-ring (bicyclic) bond motifs is 1. The second-order valence-corrected chi connectivity index (χ2v) is 5.77. The van der Waals surface area contributed by atoms with E-state index in [1.54, 1.807) is 7.05 Å². The molecule has 0 saturated carbocycles. The Labute approximate surface area is 128 Å². The minimum atomic E-state index is -0.485. The summed E-state index contributed by atoms with van der Waals surface area (Å²) in [6, 6.07) is 8.86. The fraction of sp³-hybridized carbons (Fsp3) is 0.438. The van der Waals surface area contributed by atoms with Crippen molar-refractivity contribution in [3.63, 3.8) is 0 Å². The number of rotatable bonds is 3. The van der Waals surface area contributed by atoms with Crippen molar-refractivity contribution in [2.75, 3.05) is 20.1 Å². The molecule has 0 aliphatic carbocycles. The average Bonchev–Trinajstić information content (AvgIpc) is 2.90. The normalized spacial score (nSPS) is 24.4. The van der Waals surface area contributed by atoms with Crippen molar-refractivity contribution in [2.24, 2.45) is 0 Å². The molecule has 1 aromatic rings. The van der Waals surface area contributed by atoms with E-state index in [1.165, 1.54) is 9.80 Å². The lowest BCUT2D eigenvalue weighted by molar-refractivity contribution is -0.152. The van der Waals surface area contributed by atoms with Crippen molar-refractivity contribution in [3.8, 4) is 0 Å². The number of amides is 2. The maximum atomic E-state index is 12.1. The van der Waals surface area contributed by atoms with Crippen molar-refractivity contribution < 1.29 is 19.1 Å². The lowest BCUT2D eigenvalue weighted by atomic mass is 10.1. The molecule has 0 radical (unpaired) electrons. The number of carbonyl (C=O) groups excluding carboxylic acids is 3. The summed E-state index contributed by atoms with van der Waals surface area (Å²) < 4.78 is 5.44. The third-order valence-corrected chi connectivity index (χ3v) is 4.11. The predicted molar refractivity (Wildman–Crippen MR) is 77.8 cm³/mol. The molecule has 1 aromatic carbocycles. The van der Waals surface area contributed by atoms with Gasteiger partial charge in [0, 0.05) is 13.5 Å². The Morgan fingerprint density at radius 2 is 2.00 bits per heavy atom. The molecule has 2 saturated heterocycles. The maximum Gasteiger partial charge on any atom is 0.310 e. The van der Waals surface area contributed by atoms with Crippen LogP contribution in [0.1, 0.15) is 12.0 Å². The molecule has 3 rings (SSSR count). The Kier molecular flexibility index (Phi) is 3.83. The van der Waals surface area contributed by atoms with Gasteiger partial charge in [0.25, 0.3) is 0 Å². The van der Waals surface area contributed by atoms with Gasteiger partial charge in [-0.25, -0.2) is 0 Å². The number of hydrogen-bond acceptors (Lipinski definition) is 4. The molecular formula is C16H18N2O4. The Morgan fingerprint density at radius 1 is 1.27 bits per heavy atom. The van der Waals surface area contributed by atoms with Gasteiger partial charge >= 0.3 is 5.97 Å². The molecule has 2 atom stereocenters. The highest BCUT2D eigenvalue weighted by atomic mass is 16.5. The van der Waals surface area contributed by atoms with Crippen LogP contribution in [-0.2, 0) is 25.5 Å². The number of hydrogen-bond donors (Lipinski definition) is 0. The highest BCUT2D eigenvalue weighted by Gasteiger charge is 2.45. The molecule has 0 N–H and O–H groups in total. The zero-order chi connectivity index (χ0) is 15.7. The van der Waals surface area contributed by atoms with Crippen LogP contribution < -0.4 is 0 Å². The van der Waals surface area contributed by atoms with Crippen molar-refractivity contribution >= 4 is 17.8 Å². The summed E-state index contributed by atoms with van der Waals surface area (Å²) in [5.41, 5.74) is 0.884. The summed E-state index contributed by atoms with van der Waals surface area (Å²) in [6.45, 7) is 0.406. The van der Waals surface area contributed by atoms with E-state index >= 15 is 0 Å². The van der Waals surface area contributed by atoms with Gasteiger partial charge in [0.1, 0.15) is 12.1 Å². The molecule has 0 unspecified atom stereocenters. The Balaban J connectivity index is 1.60. The molecule has 2 heterocycles. The van der Waals surface area contributed by atoms with Gasteiger partial charge in [-0.2, -0.15) is 0 Å². The van der Waals surface area contributed by atoms with Gasteiger partial charge in [-0.15, -0.1) is 0 Å². The number of likely N-dealkylation sites (N-methyl/N-ethyl adjacent to an activating group) is 1. The molecule has 2 aliphatic heterocycles. The molecular weight excluding hydrogens is 284 g/mol. The highest BCUT2D eigenvalue weighted by Crippen LogP contribution is 2.25. The first kappa shape index (κ1) is 14.6. The maximum absolute atomic E-state index is 12.1. The summed E-state index contributed by atoms with van der Waals surface area (Å²) in [6.07, 6.45) is 0.180. The van der Waals surface area contributed by atoms with E-state index in [1.807, 2.05) is 30.3 Å². The van der Waals surface area contributed by atoms with E-state index in [0.29, 0.717) is 13.0 Å². The van der Waals surface area contributed by atoms with E-state index < -0.39 is 12.1 Å². The largest absolute Gasteiger partial charge is 0.460 e. The molecule has 116 valence electrons. The Bertz CT molecular complexity index is 601. The first-order valence-corrected chi connectivity index (χ1v) is 7.32. The SMILES string of the molecule is CN1CC(=O)N2C[C@@H](OC(=O)Cc3ccccc3)C[C@H]2C1=O. The van der Waals surface area contributed by atoms with Gasteiger partial charge < -0.3 is 14.5 Å². The first-order chi connectivity index (χ1) is 10.5. The zero-order valence-corrected chi connectivity index (χ0v) is 12.4. The molecule has 0 aromatic heterocycles. The van der Waals surface area contributed by atoms with Crippen LogP contribution in [0.5, 0.6) is 0 Å². The average molecular weight is 302 g/mol. The van der Waals surface area contributed by atoms with Crippen LogP contribution in [0, 0.1) is 0 Å². The lowest BCUT2D eigenvalue weighted by Crippen LogP contribution is -2.55. The van der Waals surface area contributed by atoms with E-state index in [9.17, 15) is 14.4 Å². The third kappa shape index (κ3) is 2.81. The van der Waals surface area contributed by atoms with E-state index in [-0.39, 0.29) is 30.7 Å². The fourth-order valence-corrected chi connectivity index (χ4v) is 3.01. The van der Waals surface area contributed by atoms with Crippen molar-refractivity contribution in [1.29, 1.82) is 0 Å². The van der Waals surface area contributed by atoms with Crippen LogP contribution in [-0.4, -0.2) is 59.9 Å². The van der Waals surface area contributed by atoms with Gasteiger partial charge in [-0.3, -0.25) is 14.4 Å². The summed E-state index contributed by atoms with van der Waals surface area (Å²) >= 11 is 0. The Hall–Kier alpha value is -2.37. The molecule has 2 amide bonds. The quantitative estimate of drug-likeness (QED) is 0.749. The number of benzene rings is 1. The molecule has 2 aliphatic rings. The van der Waals surface area contributed by atoms with Crippen LogP contribution in [0.15, 0.2) is 30.3 Å². The van der Waals surface area contributed by atoms with Gasteiger partial charge in [-0.05, 0) is 5.56 Å². The lowest BCUT2D eigenvalue weighted by Gasteiger charge is -2.33. The summed E-state index contributed by atoms with van der Waals surface area (Å²) in [7, 11) is 1.62. The van der Waals surface area contributed by atoms with Crippen molar-refractivity contribution in [3.05, 3.63) is 35.9 Å². The number of piperazine rings is 1. The Morgan fingerprint density at radius 3 is 2.73 bits per heavy atom. The zero-order valence-electron chi connectivity index (χ0n) is 12.4. The van der Waals surface area contributed by atoms with Crippen LogP contribution in [0.4, 0.5) is 0 Å². The number of carbonyl (C=O) groups is 3. The molecule has 22 heavy (non-hydrogen) atoms. The van der Waals surface area contributed by atoms with Crippen LogP contribution >= 0.6 is 0 Å². The number of ether oxygens (including phenoxy) is 1. The van der Waals surface area contributed by atoms with E-state index in [4.69, 9.17) is 4.74 Å². The van der Waals surface area contributed by atoms with Gasteiger partial charge in [0.2, 0.25) is 11.8 Å². The molecule has 2 fully saturated rings. The smallest absolute Gasteiger partial charge is 0.310 e. The molecule has 6 nitrogen and oxygen atoms in total. The topological polar surface area (TPSA) is 66.9 Å². The van der Waals surface area contributed by atoms with Gasteiger partial charge in [0.05, 0.1) is 19.5 Å². The van der Waals surface area contributed by atoms with Crippen LogP contribution in [0.2, 0.25) is 0 Å². The highest BCUT2D eigenvalue weighted by molar-refractivity contribution is 5.95. The minimum absolute atomic E-state index is 0.0822. The molecule has 0 spiro atoms. The molecule has 0 bridgehead atoms. The van der Waals surface area contributed by atoms with Crippen molar-refractivity contribution in [1.82, 2.24) is 9.80 Å². The molecule has 6 heteroatoms. The van der Waals surface area contributed by atoms with Gasteiger partial charge in [0.15, 0.2) is 0 Å².